The molecule has 1 atom stereocenters. The van der Waals surface area contributed by atoms with Crippen molar-refractivity contribution in [1.82, 2.24) is 9.25 Å². The fourth-order valence-electron chi connectivity index (χ4n) is 3.03. The average molecular weight is 432 g/mol. The van der Waals surface area contributed by atoms with Crippen LogP contribution in [0.3, 0.4) is 0 Å². The van der Waals surface area contributed by atoms with Crippen molar-refractivity contribution in [2.45, 2.75) is 22.8 Å². The Labute approximate surface area is 167 Å². The van der Waals surface area contributed by atoms with E-state index >= 15 is 0 Å². The van der Waals surface area contributed by atoms with Gasteiger partial charge in [0.1, 0.15) is 15.5 Å². The molecule has 0 aromatic heterocycles. The largest absolute Gasteiger partial charge is 0.480 e. The number of carbonyl (C=O) groups is 1. The molecule has 1 unspecified atom stereocenters. The normalized spacial score (nSPS) is 18.1. The number of ether oxygens (including phenoxy) is 1. The lowest BCUT2D eigenvalue weighted by Crippen LogP contribution is -2.50. The van der Waals surface area contributed by atoms with E-state index in [1.165, 1.54) is 31.2 Å². The standard InChI is InChI=1S/C19H16N2O6S2/c1-13(27-16-10-6-8-14-7-2-3-9-15(14)16)19(22)20-21-28(23,24)17-11-4-5-12-18(17)29(21,25)26/h2-13H,1H3,(H,20,22). The maximum Gasteiger partial charge on any atom is 0.276 e. The van der Waals surface area contributed by atoms with Crippen molar-refractivity contribution in [3.63, 3.8) is 0 Å². The molecule has 0 aliphatic carbocycles. The zero-order valence-electron chi connectivity index (χ0n) is 15.1. The SMILES string of the molecule is CC(Oc1cccc2ccccc12)C(=O)NN1S(=O)(=O)c2ccccc2S1(=O)=O. The number of carbonyl (C=O) groups excluding carboxylic acids is 1. The van der Waals surface area contributed by atoms with Crippen LogP contribution in [0, 0.1) is 0 Å². The smallest absolute Gasteiger partial charge is 0.276 e. The van der Waals surface area contributed by atoms with Gasteiger partial charge in [-0.15, -0.1) is 0 Å². The molecule has 10 heteroatoms. The van der Waals surface area contributed by atoms with Gasteiger partial charge >= 0.3 is 0 Å². The first kappa shape index (κ1) is 19.4. The fourth-order valence-corrected chi connectivity index (χ4v) is 7.10. The Morgan fingerprint density at radius 1 is 0.862 bits per heavy atom. The van der Waals surface area contributed by atoms with Crippen LogP contribution in [0.2, 0.25) is 0 Å². The summed E-state index contributed by atoms with van der Waals surface area (Å²) < 4.78 is 56.0. The maximum atomic E-state index is 12.6. The maximum absolute atomic E-state index is 12.6. The summed E-state index contributed by atoms with van der Waals surface area (Å²) in [5.41, 5.74) is 1.97. The third-order valence-electron chi connectivity index (χ3n) is 4.47. The number of benzene rings is 3. The van der Waals surface area contributed by atoms with Crippen LogP contribution in [0.5, 0.6) is 5.75 Å². The third-order valence-corrected chi connectivity index (χ3v) is 8.65. The van der Waals surface area contributed by atoms with E-state index in [2.05, 4.69) is 0 Å². The molecule has 8 nitrogen and oxygen atoms in total. The predicted octanol–water partition coefficient (Wildman–Crippen LogP) is 2.03. The van der Waals surface area contributed by atoms with Gasteiger partial charge < -0.3 is 4.74 Å². The second-order valence-electron chi connectivity index (χ2n) is 6.37. The minimum Gasteiger partial charge on any atom is -0.480 e. The minimum atomic E-state index is -4.43. The number of nitrogens with one attached hydrogen (secondary N) is 1. The first-order chi connectivity index (χ1) is 13.7. The van der Waals surface area contributed by atoms with Gasteiger partial charge in [0.25, 0.3) is 26.0 Å². The Kier molecular flexibility index (Phi) is 4.56. The van der Waals surface area contributed by atoms with Gasteiger partial charge in [0, 0.05) is 9.21 Å². The molecule has 1 aliphatic heterocycles. The Balaban J connectivity index is 1.60. The Morgan fingerprint density at radius 3 is 2.07 bits per heavy atom. The molecule has 0 saturated heterocycles. The summed E-state index contributed by atoms with van der Waals surface area (Å²) in [6.07, 6.45) is -1.16. The number of rotatable bonds is 4. The van der Waals surface area contributed by atoms with Crippen LogP contribution in [0.4, 0.5) is 0 Å². The van der Waals surface area contributed by atoms with E-state index in [1.807, 2.05) is 35.8 Å². The molecule has 0 bridgehead atoms. The average Bonchev–Trinajstić information content (AvgIpc) is 2.86. The molecule has 3 aromatic rings. The molecular weight excluding hydrogens is 416 g/mol. The van der Waals surface area contributed by atoms with Crippen molar-refractivity contribution >= 4 is 36.7 Å². The molecule has 0 saturated carbocycles. The van der Waals surface area contributed by atoms with Gasteiger partial charge in [-0.3, -0.25) is 10.2 Å². The van der Waals surface area contributed by atoms with Crippen molar-refractivity contribution in [3.8, 4) is 5.75 Å². The van der Waals surface area contributed by atoms with Crippen molar-refractivity contribution < 1.29 is 26.4 Å². The van der Waals surface area contributed by atoms with Crippen LogP contribution in [0.25, 0.3) is 10.8 Å². The van der Waals surface area contributed by atoms with Gasteiger partial charge in [-0.25, -0.2) is 16.8 Å². The lowest BCUT2D eigenvalue weighted by Gasteiger charge is -2.19. The quantitative estimate of drug-likeness (QED) is 0.676. The number of hydrogen-bond donors (Lipinski definition) is 1. The van der Waals surface area contributed by atoms with Gasteiger partial charge in [-0.2, -0.15) is 0 Å². The Bertz CT molecular complexity index is 1280. The van der Waals surface area contributed by atoms with Crippen molar-refractivity contribution in [1.29, 1.82) is 0 Å². The second kappa shape index (κ2) is 6.83. The molecule has 1 aliphatic rings. The molecule has 0 spiro atoms. The zero-order chi connectivity index (χ0) is 20.8. The number of fused-ring (bicyclic) bond motifs is 2. The van der Waals surface area contributed by atoms with E-state index in [9.17, 15) is 21.6 Å². The molecule has 1 heterocycles. The third kappa shape index (κ3) is 3.15. The monoisotopic (exact) mass is 432 g/mol. The van der Waals surface area contributed by atoms with Crippen LogP contribution in [-0.2, 0) is 24.8 Å². The highest BCUT2D eigenvalue weighted by molar-refractivity contribution is 8.06. The van der Waals surface area contributed by atoms with E-state index in [-0.39, 0.29) is 13.6 Å². The van der Waals surface area contributed by atoms with Crippen LogP contribution in [0.15, 0.2) is 76.5 Å². The van der Waals surface area contributed by atoms with E-state index in [4.69, 9.17) is 4.74 Å². The number of hydrogen-bond acceptors (Lipinski definition) is 6. The highest BCUT2D eigenvalue weighted by atomic mass is 32.3. The van der Waals surface area contributed by atoms with Crippen molar-refractivity contribution in [2.24, 2.45) is 0 Å². The molecular formula is C19H16N2O6S2. The molecule has 0 radical (unpaired) electrons. The van der Waals surface area contributed by atoms with Gasteiger partial charge in [-0.05, 0) is 30.5 Å². The van der Waals surface area contributed by atoms with Crippen LogP contribution < -0.4 is 10.2 Å². The Hall–Kier alpha value is -2.95. The van der Waals surface area contributed by atoms with Crippen molar-refractivity contribution in [3.05, 3.63) is 66.7 Å². The number of sulfonamides is 2. The Morgan fingerprint density at radius 2 is 1.41 bits per heavy atom. The molecule has 1 amide bonds. The number of hydrazine groups is 1. The molecule has 4 rings (SSSR count). The lowest BCUT2D eigenvalue weighted by atomic mass is 10.1. The van der Waals surface area contributed by atoms with E-state index < -0.39 is 32.1 Å². The molecule has 0 fully saturated rings. The summed E-state index contributed by atoms with van der Waals surface area (Å²) in [6, 6.07) is 17.9. The van der Waals surface area contributed by atoms with Crippen LogP contribution in [0.1, 0.15) is 6.92 Å². The summed E-state index contributed by atoms with van der Waals surface area (Å²) in [4.78, 5) is 11.8. The van der Waals surface area contributed by atoms with Gasteiger partial charge in [0.05, 0.1) is 0 Å². The number of amides is 1. The summed E-state index contributed by atoms with van der Waals surface area (Å²) in [5.74, 6) is -0.501. The first-order valence-electron chi connectivity index (χ1n) is 8.57. The molecule has 3 aromatic carbocycles. The highest BCUT2D eigenvalue weighted by Crippen LogP contribution is 2.35. The van der Waals surface area contributed by atoms with Gasteiger partial charge in [-0.1, -0.05) is 48.5 Å². The van der Waals surface area contributed by atoms with E-state index in [0.717, 1.165) is 10.8 Å². The summed E-state index contributed by atoms with van der Waals surface area (Å²) >= 11 is 0. The van der Waals surface area contributed by atoms with Gasteiger partial charge in [0.15, 0.2) is 6.10 Å². The zero-order valence-corrected chi connectivity index (χ0v) is 16.8. The topological polar surface area (TPSA) is 110 Å². The first-order valence-corrected chi connectivity index (χ1v) is 11.5. The van der Waals surface area contributed by atoms with E-state index in [1.54, 1.807) is 12.1 Å². The van der Waals surface area contributed by atoms with Gasteiger partial charge in [0.2, 0.25) is 0 Å². The second-order valence-corrected chi connectivity index (χ2v) is 10.1. The molecule has 1 N–H and O–H groups in total. The van der Waals surface area contributed by atoms with Crippen molar-refractivity contribution in [2.75, 3.05) is 0 Å². The van der Waals surface area contributed by atoms with Crippen LogP contribution in [-0.4, -0.2) is 32.7 Å². The highest BCUT2D eigenvalue weighted by Gasteiger charge is 2.48. The summed E-state index contributed by atoms with van der Waals surface area (Å²) in [7, 11) is -8.86. The fraction of sp³-hybridized carbons (Fsp3) is 0.105. The number of nitrogens with zero attached hydrogens (tertiary/aromatic N) is 1. The van der Waals surface area contributed by atoms with Crippen LogP contribution >= 0.6 is 0 Å². The molecule has 150 valence electrons. The lowest BCUT2D eigenvalue weighted by molar-refractivity contribution is -0.129. The minimum absolute atomic E-state index is 0.00401. The molecule has 29 heavy (non-hydrogen) atoms. The summed E-state index contributed by atoms with van der Waals surface area (Å²) in [6.45, 7) is 1.40. The van der Waals surface area contributed by atoms with E-state index in [0.29, 0.717) is 5.75 Å². The predicted molar refractivity (Wildman–Crippen MR) is 105 cm³/mol. The summed E-state index contributed by atoms with van der Waals surface area (Å²) in [5, 5.41) is 1.67.